The fourth-order valence-corrected chi connectivity index (χ4v) is 0.684. The van der Waals surface area contributed by atoms with Crippen molar-refractivity contribution in [2.24, 2.45) is 5.73 Å². The average Bonchev–Trinajstić information content (AvgIpc) is 2.14. The summed E-state index contributed by atoms with van der Waals surface area (Å²) in [4.78, 5) is 0. The van der Waals surface area contributed by atoms with Gasteiger partial charge in [-0.2, -0.15) is 0 Å². The van der Waals surface area contributed by atoms with Crippen molar-refractivity contribution in [1.82, 2.24) is 0 Å². The van der Waals surface area contributed by atoms with E-state index < -0.39 is 31.0 Å². The minimum absolute atomic E-state index is 0.240. The number of hydrogen-bond acceptors (Lipinski definition) is 6. The molecule has 0 radical (unpaired) electrons. The maximum absolute atomic E-state index is 9.12. The van der Waals surface area contributed by atoms with Crippen LogP contribution in [-0.2, 0) is 0 Å². The van der Waals surface area contributed by atoms with Gasteiger partial charge in [0.1, 0.15) is 19.7 Å². The maximum Gasteiger partial charge on any atom is 0.118 e. The Kier molecular flexibility index (Phi) is 4.44. The van der Waals surface area contributed by atoms with Crippen LogP contribution in [0.3, 0.4) is 0 Å². The average molecular weight is 182 g/mol. The summed E-state index contributed by atoms with van der Waals surface area (Å²) in [7, 11) is 0. The van der Waals surface area contributed by atoms with Crippen LogP contribution in [0.2, 0.25) is 1.41 Å². The molecule has 0 spiro atoms. The molecule has 0 aromatic rings. The van der Waals surface area contributed by atoms with Gasteiger partial charge < -0.3 is 31.3 Å². The second kappa shape index (κ2) is 5.41. The molecule has 0 aliphatic rings. The molecule has 0 saturated heterocycles. The zero-order valence-electron chi connectivity index (χ0n) is 7.46. The Hall–Kier alpha value is -0.240. The Bertz CT molecular complexity index is 138. The number of nitrogens with two attached hydrogens (primary N) is 1. The van der Waals surface area contributed by atoms with Crippen molar-refractivity contribution in [3.8, 4) is 0 Å². The lowest BCUT2D eigenvalue weighted by molar-refractivity contribution is -0.112. The number of hydrogen-bond donors (Lipinski definition) is 6. The Balaban J connectivity index is 3.99. The van der Waals surface area contributed by atoms with E-state index in [-0.39, 0.29) is 6.54 Å². The number of aliphatic hydroxyl groups excluding tert-OH is 5. The molecule has 6 nitrogen and oxygen atoms in total. The third kappa shape index (κ3) is 3.02. The molecule has 0 unspecified atom stereocenters. The largest absolute Gasteiger partial charge is 0.394 e. The van der Waals surface area contributed by atoms with E-state index in [9.17, 15) is 0 Å². The molecule has 0 fully saturated rings. The standard InChI is InChI=1S/C6H15NO5/c7-1-3(9)5(11)6(12)4(10)2-8/h3-6,8-12H,1-2,7H2/t3-,4+,5+,6+/m0/s1/i/hD. The van der Waals surface area contributed by atoms with E-state index in [1.54, 1.807) is 0 Å². The summed E-state index contributed by atoms with van der Waals surface area (Å²) in [6.45, 7) is -0.949. The molecule has 0 bridgehead atoms. The van der Waals surface area contributed by atoms with Crippen molar-refractivity contribution < 1.29 is 26.9 Å². The van der Waals surface area contributed by atoms with Gasteiger partial charge in [0.15, 0.2) is 0 Å². The summed E-state index contributed by atoms with van der Waals surface area (Å²) >= 11 is 0. The third-order valence-corrected chi connectivity index (χ3v) is 1.53. The van der Waals surface area contributed by atoms with Crippen molar-refractivity contribution in [1.29, 1.82) is 0 Å². The lowest BCUT2D eigenvalue weighted by atomic mass is 10.0. The highest BCUT2D eigenvalue weighted by Gasteiger charge is 2.28. The highest BCUT2D eigenvalue weighted by atomic mass is 16.4. The van der Waals surface area contributed by atoms with Crippen molar-refractivity contribution in [3.05, 3.63) is 0 Å². The van der Waals surface area contributed by atoms with Gasteiger partial charge in [-0.1, -0.05) is 0 Å². The van der Waals surface area contributed by atoms with Gasteiger partial charge in [-0.25, -0.2) is 0 Å². The number of aliphatic hydroxyl groups is 5. The quantitative estimate of drug-likeness (QED) is 0.252. The Labute approximate surface area is 71.3 Å². The van der Waals surface area contributed by atoms with Gasteiger partial charge in [0.05, 0.1) is 12.7 Å². The van der Waals surface area contributed by atoms with E-state index >= 15 is 0 Å². The molecule has 0 heterocycles. The summed E-state index contributed by atoms with van der Waals surface area (Å²) in [5.41, 5.74) is 1.84. The SMILES string of the molecule is [2H]NC[C@H](O)[C@@H](O)[C@H](O)[C@H](O)CO. The molecule has 0 rings (SSSR count). The minimum atomic E-state index is -1.63. The molecule has 7 N–H and O–H groups in total. The van der Waals surface area contributed by atoms with Gasteiger partial charge in [0, 0.05) is 6.54 Å². The molecule has 0 aromatic carbocycles. The van der Waals surface area contributed by atoms with Crippen LogP contribution in [0.4, 0.5) is 0 Å². The Morgan fingerprint density at radius 2 is 1.58 bits per heavy atom. The second-order valence-electron chi connectivity index (χ2n) is 2.50. The molecule has 6 heteroatoms. The highest BCUT2D eigenvalue weighted by molar-refractivity contribution is 4.80. The zero-order chi connectivity index (χ0) is 10.4. The van der Waals surface area contributed by atoms with Gasteiger partial charge in [-0.15, -0.1) is 0 Å². The van der Waals surface area contributed by atoms with Gasteiger partial charge in [-0.3, -0.25) is 0 Å². The number of rotatable bonds is 6. The second-order valence-corrected chi connectivity index (χ2v) is 2.50. The van der Waals surface area contributed by atoms with Gasteiger partial charge in [-0.05, 0) is 0 Å². The topological polar surface area (TPSA) is 127 Å². The summed E-state index contributed by atoms with van der Waals surface area (Å²) in [6.07, 6.45) is -6.10. The highest BCUT2D eigenvalue weighted by Crippen LogP contribution is 2.03. The van der Waals surface area contributed by atoms with Crippen molar-refractivity contribution in [2.75, 3.05) is 13.2 Å². The lowest BCUT2D eigenvalue weighted by Gasteiger charge is -2.24. The maximum atomic E-state index is 9.12. The molecule has 0 aliphatic heterocycles. The summed E-state index contributed by atoms with van der Waals surface area (Å²) < 4.78 is 6.50. The predicted molar refractivity (Wildman–Crippen MR) is 40.2 cm³/mol. The molecule has 0 aromatic heterocycles. The lowest BCUT2D eigenvalue weighted by Crippen LogP contribution is -2.48. The van der Waals surface area contributed by atoms with Crippen LogP contribution in [0.5, 0.6) is 0 Å². The van der Waals surface area contributed by atoms with E-state index in [1.165, 1.54) is 0 Å². The predicted octanol–water partition coefficient (Wildman–Crippen LogP) is -3.62. The van der Waals surface area contributed by atoms with Crippen LogP contribution in [0.25, 0.3) is 0 Å². The van der Waals surface area contributed by atoms with Crippen LogP contribution < -0.4 is 5.73 Å². The fourth-order valence-electron chi connectivity index (χ4n) is 0.684. The molecule has 4 atom stereocenters. The van der Waals surface area contributed by atoms with Crippen LogP contribution >= 0.6 is 0 Å². The molecular formula is C6H15NO5. The first kappa shape index (κ1) is 9.85. The van der Waals surface area contributed by atoms with E-state index in [0.717, 1.165) is 0 Å². The first-order valence-electron chi connectivity index (χ1n) is 4.02. The summed E-state index contributed by atoms with van der Waals surface area (Å²) in [5.74, 6) is 0. The van der Waals surface area contributed by atoms with Gasteiger partial charge in [0.25, 0.3) is 0 Å². The zero-order valence-corrected chi connectivity index (χ0v) is 6.46. The van der Waals surface area contributed by atoms with Gasteiger partial charge >= 0.3 is 0 Å². The van der Waals surface area contributed by atoms with Gasteiger partial charge in [0.2, 0.25) is 0 Å². The first-order chi connectivity index (χ1) is 6.04. The van der Waals surface area contributed by atoms with E-state index in [0.29, 0.717) is 0 Å². The molecule has 0 saturated carbocycles. The third-order valence-electron chi connectivity index (χ3n) is 1.53. The first-order valence-corrected chi connectivity index (χ1v) is 3.52. The van der Waals surface area contributed by atoms with Crippen molar-refractivity contribution in [2.45, 2.75) is 24.4 Å². The smallest absolute Gasteiger partial charge is 0.118 e. The normalized spacial score (nSPS) is 22.6. The summed E-state index contributed by atoms with van der Waals surface area (Å²) in [6, 6.07) is 0. The molecule has 0 amide bonds. The summed E-state index contributed by atoms with van der Waals surface area (Å²) in [5, 5.41) is 44.5. The molecular weight excluding hydrogens is 166 g/mol. The van der Waals surface area contributed by atoms with E-state index in [4.69, 9.17) is 26.9 Å². The van der Waals surface area contributed by atoms with Crippen molar-refractivity contribution >= 4 is 0 Å². The van der Waals surface area contributed by atoms with Crippen LogP contribution in [0, 0.1) is 0 Å². The van der Waals surface area contributed by atoms with Crippen LogP contribution in [-0.4, -0.2) is 63.1 Å². The monoisotopic (exact) mass is 182 g/mol. The fraction of sp³-hybridized carbons (Fsp3) is 1.00. The molecule has 0 aliphatic carbocycles. The Morgan fingerprint density at radius 1 is 1.08 bits per heavy atom. The van der Waals surface area contributed by atoms with E-state index in [1.807, 2.05) is 5.73 Å². The van der Waals surface area contributed by atoms with Crippen LogP contribution in [0.15, 0.2) is 0 Å². The van der Waals surface area contributed by atoms with Crippen LogP contribution in [0.1, 0.15) is 0 Å². The van der Waals surface area contributed by atoms with E-state index in [2.05, 4.69) is 0 Å². The minimum Gasteiger partial charge on any atom is -0.394 e. The molecule has 74 valence electrons. The molecule has 12 heavy (non-hydrogen) atoms. The Morgan fingerprint density at radius 3 is 2.00 bits per heavy atom. The van der Waals surface area contributed by atoms with Crippen molar-refractivity contribution in [3.63, 3.8) is 0 Å².